The number of hydrogen-bond donors (Lipinski definition) is 0. The van der Waals surface area contributed by atoms with Crippen molar-refractivity contribution < 1.29 is 4.79 Å². The molecule has 1 aliphatic rings. The summed E-state index contributed by atoms with van der Waals surface area (Å²) in [6.07, 6.45) is 4.67. The van der Waals surface area contributed by atoms with Gasteiger partial charge >= 0.3 is 0 Å². The zero-order valence-electron chi connectivity index (χ0n) is 14.7. The lowest BCUT2D eigenvalue weighted by atomic mass is 10.2. The number of benzene rings is 1. The van der Waals surface area contributed by atoms with Gasteiger partial charge in [-0.05, 0) is 37.0 Å². The summed E-state index contributed by atoms with van der Waals surface area (Å²) in [6, 6.07) is 11.3. The first-order chi connectivity index (χ1) is 13.2. The number of aromatic nitrogens is 2. The average Bonchev–Trinajstić information content (AvgIpc) is 3.26. The van der Waals surface area contributed by atoms with E-state index >= 15 is 0 Å². The van der Waals surface area contributed by atoms with Gasteiger partial charge in [0.25, 0.3) is 5.56 Å². The first kappa shape index (κ1) is 17.4. The standard InChI is InChI=1S/C20H18N4O2S/c21-10-5-11-24(14-6-2-1-3-7-14)17(25)12-23-13-22-19-18(20(23)26)15-8-4-9-16(15)27-19/h1-3,6-7,13H,4-5,8-9,11-12H2. The molecule has 0 saturated heterocycles. The first-order valence-electron chi connectivity index (χ1n) is 8.91. The van der Waals surface area contributed by atoms with E-state index in [0.717, 1.165) is 35.3 Å². The number of anilines is 1. The lowest BCUT2D eigenvalue weighted by molar-refractivity contribution is -0.119. The highest BCUT2D eigenvalue weighted by Crippen LogP contribution is 2.34. The monoisotopic (exact) mass is 378 g/mol. The molecular weight excluding hydrogens is 360 g/mol. The van der Waals surface area contributed by atoms with Gasteiger partial charge in [0, 0.05) is 17.1 Å². The number of rotatable bonds is 5. The summed E-state index contributed by atoms with van der Waals surface area (Å²) in [7, 11) is 0. The Kier molecular flexibility index (Phi) is 4.73. The maximum atomic E-state index is 13.0. The molecule has 0 saturated carbocycles. The summed E-state index contributed by atoms with van der Waals surface area (Å²) in [6.45, 7) is 0.199. The fourth-order valence-electron chi connectivity index (χ4n) is 3.53. The van der Waals surface area contributed by atoms with Gasteiger partial charge in [-0.25, -0.2) is 4.98 Å². The van der Waals surface area contributed by atoms with Crippen LogP contribution in [0.2, 0.25) is 0 Å². The maximum absolute atomic E-state index is 13.0. The highest BCUT2D eigenvalue weighted by molar-refractivity contribution is 7.18. The molecule has 0 spiro atoms. The number of fused-ring (bicyclic) bond motifs is 3. The van der Waals surface area contributed by atoms with Gasteiger partial charge in [-0.3, -0.25) is 14.2 Å². The van der Waals surface area contributed by atoms with Gasteiger partial charge in [-0.15, -0.1) is 11.3 Å². The van der Waals surface area contributed by atoms with E-state index < -0.39 is 0 Å². The van der Waals surface area contributed by atoms with Crippen LogP contribution in [0, 0.1) is 11.3 Å². The summed E-state index contributed by atoms with van der Waals surface area (Å²) in [5, 5.41) is 9.58. The Morgan fingerprint density at radius 2 is 2.11 bits per heavy atom. The van der Waals surface area contributed by atoms with Gasteiger partial charge in [0.15, 0.2) is 0 Å². The molecule has 2 aromatic heterocycles. The predicted molar refractivity (Wildman–Crippen MR) is 105 cm³/mol. The number of nitrogens with zero attached hydrogens (tertiary/aromatic N) is 4. The van der Waals surface area contributed by atoms with Gasteiger partial charge in [0.1, 0.15) is 11.4 Å². The minimum Gasteiger partial charge on any atom is -0.310 e. The third-order valence-corrected chi connectivity index (χ3v) is 6.01. The van der Waals surface area contributed by atoms with Crippen molar-refractivity contribution in [1.29, 1.82) is 5.26 Å². The van der Waals surface area contributed by atoms with E-state index in [4.69, 9.17) is 5.26 Å². The molecule has 0 bridgehead atoms. The van der Waals surface area contributed by atoms with Crippen molar-refractivity contribution in [3.8, 4) is 6.07 Å². The van der Waals surface area contributed by atoms with Crippen molar-refractivity contribution in [3.63, 3.8) is 0 Å². The summed E-state index contributed by atoms with van der Waals surface area (Å²) in [4.78, 5) is 33.9. The highest BCUT2D eigenvalue weighted by atomic mass is 32.1. The minimum absolute atomic E-state index is 0.0906. The fraction of sp³-hybridized carbons (Fsp3) is 0.300. The molecule has 0 aliphatic heterocycles. The van der Waals surface area contributed by atoms with E-state index in [1.807, 2.05) is 30.3 Å². The smallest absolute Gasteiger partial charge is 0.262 e. The Morgan fingerprint density at radius 3 is 2.89 bits per heavy atom. The number of thiophene rings is 1. The Balaban J connectivity index is 1.66. The molecule has 4 rings (SSSR count). The largest absolute Gasteiger partial charge is 0.310 e. The Hall–Kier alpha value is -2.98. The van der Waals surface area contributed by atoms with E-state index in [2.05, 4.69) is 11.1 Å². The van der Waals surface area contributed by atoms with Crippen LogP contribution in [0.1, 0.15) is 23.3 Å². The summed E-state index contributed by atoms with van der Waals surface area (Å²) in [5.74, 6) is -0.230. The van der Waals surface area contributed by atoms with Crippen LogP contribution in [0.4, 0.5) is 5.69 Å². The summed E-state index contributed by atoms with van der Waals surface area (Å²) in [5.41, 5.74) is 1.68. The predicted octanol–water partition coefficient (Wildman–Crippen LogP) is 2.89. The van der Waals surface area contributed by atoms with Crippen LogP contribution in [0.3, 0.4) is 0 Å². The molecular formula is C20H18N4O2S. The molecule has 1 aliphatic carbocycles. The molecule has 7 heteroatoms. The fourth-order valence-corrected chi connectivity index (χ4v) is 4.75. The number of aryl methyl sites for hydroxylation is 2. The SMILES string of the molecule is N#CCCN(C(=O)Cn1cnc2sc3c(c2c1=O)CCC3)c1ccccc1. The van der Waals surface area contributed by atoms with E-state index in [1.165, 1.54) is 15.8 Å². The molecule has 0 N–H and O–H groups in total. The molecule has 0 radical (unpaired) electrons. The van der Waals surface area contributed by atoms with Crippen molar-refractivity contribution in [2.75, 3.05) is 11.4 Å². The molecule has 1 aromatic carbocycles. The van der Waals surface area contributed by atoms with Gasteiger partial charge in [0.2, 0.25) is 5.91 Å². The van der Waals surface area contributed by atoms with Gasteiger partial charge in [0.05, 0.1) is 24.2 Å². The van der Waals surface area contributed by atoms with Crippen LogP contribution in [0.15, 0.2) is 41.5 Å². The van der Waals surface area contributed by atoms with Crippen LogP contribution < -0.4 is 10.5 Å². The topological polar surface area (TPSA) is 79.0 Å². The number of carbonyl (C=O) groups is 1. The van der Waals surface area contributed by atoms with Crippen molar-refractivity contribution in [1.82, 2.24) is 9.55 Å². The number of hydrogen-bond acceptors (Lipinski definition) is 5. The third-order valence-electron chi connectivity index (χ3n) is 4.81. The van der Waals surface area contributed by atoms with Crippen molar-refractivity contribution >= 4 is 33.1 Å². The normalized spacial score (nSPS) is 12.7. The molecule has 6 nitrogen and oxygen atoms in total. The van der Waals surface area contributed by atoms with E-state index in [9.17, 15) is 9.59 Å². The average molecular weight is 378 g/mol. The maximum Gasteiger partial charge on any atom is 0.262 e. The number of para-hydroxylation sites is 1. The van der Waals surface area contributed by atoms with Crippen molar-refractivity contribution in [2.45, 2.75) is 32.2 Å². The zero-order valence-corrected chi connectivity index (χ0v) is 15.5. The first-order valence-corrected chi connectivity index (χ1v) is 9.72. The highest BCUT2D eigenvalue weighted by Gasteiger charge is 2.23. The van der Waals surface area contributed by atoms with Crippen LogP contribution in [0.5, 0.6) is 0 Å². The molecule has 27 heavy (non-hydrogen) atoms. The molecule has 0 unspecified atom stereocenters. The summed E-state index contributed by atoms with van der Waals surface area (Å²) >= 11 is 1.59. The molecule has 2 heterocycles. The van der Waals surface area contributed by atoms with E-state index in [1.54, 1.807) is 16.2 Å². The van der Waals surface area contributed by atoms with E-state index in [0.29, 0.717) is 5.39 Å². The molecule has 0 atom stereocenters. The van der Waals surface area contributed by atoms with Crippen LogP contribution in [-0.2, 0) is 24.2 Å². The lowest BCUT2D eigenvalue weighted by Gasteiger charge is -2.22. The van der Waals surface area contributed by atoms with Crippen LogP contribution in [-0.4, -0.2) is 22.0 Å². The van der Waals surface area contributed by atoms with Gasteiger partial charge in [-0.1, -0.05) is 18.2 Å². The van der Waals surface area contributed by atoms with Crippen molar-refractivity contribution in [2.24, 2.45) is 0 Å². The second-order valence-electron chi connectivity index (χ2n) is 6.50. The second-order valence-corrected chi connectivity index (χ2v) is 7.59. The minimum atomic E-state index is -0.230. The Morgan fingerprint density at radius 1 is 1.30 bits per heavy atom. The third kappa shape index (κ3) is 3.24. The molecule has 136 valence electrons. The number of nitriles is 1. The van der Waals surface area contributed by atoms with Crippen molar-refractivity contribution in [3.05, 3.63) is 57.5 Å². The lowest BCUT2D eigenvalue weighted by Crippen LogP contribution is -2.37. The van der Waals surface area contributed by atoms with E-state index in [-0.39, 0.29) is 31.0 Å². The Bertz CT molecular complexity index is 1090. The molecule has 0 fully saturated rings. The zero-order chi connectivity index (χ0) is 18.8. The Labute approximate surface area is 160 Å². The van der Waals surface area contributed by atoms with Gasteiger partial charge < -0.3 is 4.90 Å². The second kappa shape index (κ2) is 7.33. The van der Waals surface area contributed by atoms with Crippen LogP contribution >= 0.6 is 11.3 Å². The molecule has 1 amide bonds. The van der Waals surface area contributed by atoms with Crippen LogP contribution in [0.25, 0.3) is 10.2 Å². The molecule has 3 aromatic rings. The number of amides is 1. The summed E-state index contributed by atoms with van der Waals surface area (Å²) < 4.78 is 1.39. The van der Waals surface area contributed by atoms with Gasteiger partial charge in [-0.2, -0.15) is 5.26 Å². The number of carbonyl (C=O) groups excluding carboxylic acids is 1. The quantitative estimate of drug-likeness (QED) is 0.684.